The second kappa shape index (κ2) is 9.13. The van der Waals surface area contributed by atoms with Gasteiger partial charge in [-0.1, -0.05) is 78.9 Å². The van der Waals surface area contributed by atoms with E-state index in [0.29, 0.717) is 17.5 Å². The molecule has 0 aliphatic heterocycles. The van der Waals surface area contributed by atoms with E-state index in [-0.39, 0.29) is 25.2 Å². The van der Waals surface area contributed by atoms with Gasteiger partial charge in [-0.3, -0.25) is 0 Å². The van der Waals surface area contributed by atoms with Crippen molar-refractivity contribution in [3.05, 3.63) is 108 Å². The molecule has 0 unspecified atom stereocenters. The van der Waals surface area contributed by atoms with Gasteiger partial charge >= 0.3 is 11.9 Å². The summed E-state index contributed by atoms with van der Waals surface area (Å²) < 4.78 is 10.9. The normalized spacial score (nSPS) is 11.0. The molecule has 5 aromatic rings. The molecule has 0 bridgehead atoms. The smallest absolute Gasteiger partial charge is 0.339 e. The van der Waals surface area contributed by atoms with Crippen LogP contribution >= 0.6 is 0 Å². The first-order valence-corrected chi connectivity index (χ1v) is 10.9. The summed E-state index contributed by atoms with van der Waals surface area (Å²) in [6.07, 6.45) is 0.424. The fourth-order valence-electron chi connectivity index (χ4n) is 4.09. The SMILES string of the molecule is O=C(OCCCOC(=O)c1c2ccccc2cc2ccccc12)c1ccc2ccccc2c1. The van der Waals surface area contributed by atoms with Gasteiger partial charge in [-0.05, 0) is 50.5 Å². The van der Waals surface area contributed by atoms with Crippen molar-refractivity contribution in [2.24, 2.45) is 0 Å². The van der Waals surface area contributed by atoms with Crippen molar-refractivity contribution in [3.8, 4) is 0 Å². The number of ether oxygens (including phenoxy) is 2. The molecule has 0 N–H and O–H groups in total. The Morgan fingerprint density at radius 3 is 1.76 bits per heavy atom. The molecule has 4 heteroatoms. The Morgan fingerprint density at radius 1 is 0.545 bits per heavy atom. The Bertz CT molecular complexity index is 1430. The van der Waals surface area contributed by atoms with Gasteiger partial charge in [-0.2, -0.15) is 0 Å². The van der Waals surface area contributed by atoms with Crippen molar-refractivity contribution in [2.75, 3.05) is 13.2 Å². The van der Waals surface area contributed by atoms with Gasteiger partial charge in [-0.25, -0.2) is 9.59 Å². The second-order valence-corrected chi connectivity index (χ2v) is 7.88. The van der Waals surface area contributed by atoms with Crippen LogP contribution < -0.4 is 0 Å². The van der Waals surface area contributed by atoms with Crippen LogP contribution in [0, 0.1) is 0 Å². The van der Waals surface area contributed by atoms with Gasteiger partial charge in [0.25, 0.3) is 0 Å². The zero-order valence-corrected chi connectivity index (χ0v) is 18.0. The highest BCUT2D eigenvalue weighted by atomic mass is 16.5. The van der Waals surface area contributed by atoms with Gasteiger partial charge in [0, 0.05) is 6.42 Å². The van der Waals surface area contributed by atoms with Crippen LogP contribution in [0.2, 0.25) is 0 Å². The van der Waals surface area contributed by atoms with Crippen LogP contribution in [0.25, 0.3) is 32.3 Å². The predicted molar refractivity (Wildman–Crippen MR) is 131 cm³/mol. The van der Waals surface area contributed by atoms with Crippen LogP contribution in [0.3, 0.4) is 0 Å². The largest absolute Gasteiger partial charge is 0.462 e. The molecule has 33 heavy (non-hydrogen) atoms. The minimum Gasteiger partial charge on any atom is -0.462 e. The molecule has 0 fully saturated rings. The molecule has 0 spiro atoms. The first-order chi connectivity index (χ1) is 16.2. The summed E-state index contributed by atoms with van der Waals surface area (Å²) in [4.78, 5) is 25.4. The predicted octanol–water partition coefficient (Wildman–Crippen LogP) is 6.55. The van der Waals surface area contributed by atoms with Crippen LogP contribution in [0.1, 0.15) is 27.1 Å². The maximum atomic E-state index is 13.0. The van der Waals surface area contributed by atoms with Gasteiger partial charge < -0.3 is 9.47 Å². The summed E-state index contributed by atoms with van der Waals surface area (Å²) in [7, 11) is 0. The highest BCUT2D eigenvalue weighted by Gasteiger charge is 2.16. The number of hydrogen-bond donors (Lipinski definition) is 0. The third-order valence-electron chi connectivity index (χ3n) is 5.72. The molecule has 5 aromatic carbocycles. The van der Waals surface area contributed by atoms with Crippen molar-refractivity contribution >= 4 is 44.3 Å². The number of hydrogen-bond acceptors (Lipinski definition) is 4. The van der Waals surface area contributed by atoms with E-state index in [9.17, 15) is 9.59 Å². The summed E-state index contributed by atoms with van der Waals surface area (Å²) in [5.41, 5.74) is 1.07. The molecule has 0 atom stereocenters. The van der Waals surface area contributed by atoms with Gasteiger partial charge in [0.1, 0.15) is 0 Å². The second-order valence-electron chi connectivity index (χ2n) is 7.88. The van der Waals surface area contributed by atoms with Gasteiger partial charge in [-0.15, -0.1) is 0 Å². The average Bonchev–Trinajstić information content (AvgIpc) is 2.86. The van der Waals surface area contributed by atoms with Crippen molar-refractivity contribution < 1.29 is 19.1 Å². The van der Waals surface area contributed by atoms with E-state index in [0.717, 1.165) is 32.3 Å². The van der Waals surface area contributed by atoms with Crippen molar-refractivity contribution in [1.82, 2.24) is 0 Å². The molecule has 5 rings (SSSR count). The quantitative estimate of drug-likeness (QED) is 0.173. The van der Waals surface area contributed by atoms with E-state index in [1.165, 1.54) is 0 Å². The van der Waals surface area contributed by atoms with E-state index >= 15 is 0 Å². The molecule has 0 aliphatic rings. The maximum Gasteiger partial charge on any atom is 0.339 e. The molecule has 0 saturated carbocycles. The Kier molecular flexibility index (Phi) is 5.73. The molecule has 0 heterocycles. The first-order valence-electron chi connectivity index (χ1n) is 10.9. The maximum absolute atomic E-state index is 13.0. The van der Waals surface area contributed by atoms with Crippen LogP contribution in [0.4, 0.5) is 0 Å². The fraction of sp³-hybridized carbons (Fsp3) is 0.103. The topological polar surface area (TPSA) is 52.6 Å². The first kappa shape index (κ1) is 20.7. The van der Waals surface area contributed by atoms with Crippen LogP contribution in [-0.2, 0) is 9.47 Å². The lowest BCUT2D eigenvalue weighted by Gasteiger charge is -2.11. The third-order valence-corrected chi connectivity index (χ3v) is 5.72. The number of carbonyl (C=O) groups is 2. The minimum absolute atomic E-state index is 0.168. The van der Waals surface area contributed by atoms with Gasteiger partial charge in [0.2, 0.25) is 0 Å². The molecule has 0 aromatic heterocycles. The molecule has 0 radical (unpaired) electrons. The Hall–Kier alpha value is -4.18. The Labute approximate surface area is 191 Å². The number of fused-ring (bicyclic) bond motifs is 3. The summed E-state index contributed by atoms with van der Waals surface area (Å²) in [6, 6.07) is 31.0. The Morgan fingerprint density at radius 2 is 1.09 bits per heavy atom. The van der Waals surface area contributed by atoms with Gasteiger partial charge in [0.15, 0.2) is 0 Å². The van der Waals surface area contributed by atoms with E-state index < -0.39 is 0 Å². The summed E-state index contributed by atoms with van der Waals surface area (Å²) in [6.45, 7) is 0.344. The van der Waals surface area contributed by atoms with Crippen molar-refractivity contribution in [3.63, 3.8) is 0 Å². The lowest BCUT2D eigenvalue weighted by molar-refractivity contribution is 0.0398. The standard InChI is InChI=1S/C29H22O4/c30-28(24-15-14-20-8-1-2-9-21(20)18-24)32-16-7-17-33-29(31)27-25-12-5-3-10-22(25)19-23-11-4-6-13-26(23)27/h1-6,8-15,18-19H,7,16-17H2. The van der Waals surface area contributed by atoms with Crippen molar-refractivity contribution in [1.29, 1.82) is 0 Å². The Balaban J connectivity index is 1.22. The van der Waals surface area contributed by atoms with Crippen LogP contribution in [0.5, 0.6) is 0 Å². The van der Waals surface area contributed by atoms with E-state index in [4.69, 9.17) is 9.47 Å². The number of benzene rings is 5. The minimum atomic E-state index is -0.382. The highest BCUT2D eigenvalue weighted by molar-refractivity contribution is 6.16. The van der Waals surface area contributed by atoms with E-state index in [1.54, 1.807) is 6.07 Å². The molecular formula is C29H22O4. The summed E-state index contributed by atoms with van der Waals surface area (Å²) >= 11 is 0. The number of esters is 2. The summed E-state index contributed by atoms with van der Waals surface area (Å²) in [5, 5.41) is 5.78. The lowest BCUT2D eigenvalue weighted by Crippen LogP contribution is -2.12. The zero-order valence-electron chi connectivity index (χ0n) is 18.0. The molecular weight excluding hydrogens is 412 g/mol. The van der Waals surface area contributed by atoms with Crippen LogP contribution in [0.15, 0.2) is 97.1 Å². The molecule has 0 aliphatic carbocycles. The number of rotatable bonds is 6. The van der Waals surface area contributed by atoms with E-state index in [2.05, 4.69) is 6.07 Å². The van der Waals surface area contributed by atoms with E-state index in [1.807, 2.05) is 84.9 Å². The summed E-state index contributed by atoms with van der Waals surface area (Å²) in [5.74, 6) is -0.754. The number of carbonyl (C=O) groups excluding carboxylic acids is 2. The molecule has 0 amide bonds. The van der Waals surface area contributed by atoms with Gasteiger partial charge in [0.05, 0.1) is 24.3 Å². The average molecular weight is 434 g/mol. The molecule has 162 valence electrons. The lowest BCUT2D eigenvalue weighted by atomic mass is 9.97. The zero-order chi connectivity index (χ0) is 22.6. The monoisotopic (exact) mass is 434 g/mol. The van der Waals surface area contributed by atoms with Crippen LogP contribution in [-0.4, -0.2) is 25.2 Å². The molecule has 4 nitrogen and oxygen atoms in total. The third kappa shape index (κ3) is 4.28. The van der Waals surface area contributed by atoms with Crippen molar-refractivity contribution in [2.45, 2.75) is 6.42 Å². The molecule has 0 saturated heterocycles. The highest BCUT2D eigenvalue weighted by Crippen LogP contribution is 2.29. The fourth-order valence-corrected chi connectivity index (χ4v) is 4.09.